The predicted molar refractivity (Wildman–Crippen MR) is 117 cm³/mol. The highest BCUT2D eigenvalue weighted by atomic mass is 16.5. The van der Waals surface area contributed by atoms with Crippen LogP contribution in [0.4, 0.5) is 0 Å². The van der Waals surface area contributed by atoms with Crippen LogP contribution in [-0.2, 0) is 31.1 Å². The molecule has 0 unspecified atom stereocenters. The number of likely N-dealkylation sites (tertiary alicyclic amines) is 1. The molecule has 2 amide bonds. The van der Waals surface area contributed by atoms with Gasteiger partial charge in [0.25, 0.3) is 5.91 Å². The molecule has 2 saturated heterocycles. The number of nitrogens with one attached hydrogen (secondary N) is 1. The van der Waals surface area contributed by atoms with Gasteiger partial charge in [-0.05, 0) is 48.1 Å². The lowest BCUT2D eigenvalue weighted by Gasteiger charge is -2.46. The zero-order valence-electron chi connectivity index (χ0n) is 18.2. The van der Waals surface area contributed by atoms with Crippen LogP contribution in [-0.4, -0.2) is 56.2 Å². The largest absolute Gasteiger partial charge is 0.497 e. The van der Waals surface area contributed by atoms with Crippen LogP contribution in [0.25, 0.3) is 0 Å². The first kappa shape index (κ1) is 21.0. The second-order valence-corrected chi connectivity index (χ2v) is 8.63. The highest BCUT2D eigenvalue weighted by Crippen LogP contribution is 2.42. The van der Waals surface area contributed by atoms with Gasteiger partial charge in [-0.1, -0.05) is 36.4 Å². The highest BCUT2D eigenvalue weighted by Gasteiger charge is 2.44. The molecular weight excluding hydrogens is 408 g/mol. The monoisotopic (exact) mass is 436 g/mol. The van der Waals surface area contributed by atoms with Gasteiger partial charge >= 0.3 is 0 Å². The Morgan fingerprint density at radius 3 is 2.69 bits per heavy atom. The fraction of sp³-hybridized carbons (Fsp3) is 0.440. The van der Waals surface area contributed by atoms with Gasteiger partial charge in [-0.25, -0.2) is 0 Å². The number of hydrogen-bond acceptors (Lipinski definition) is 5. The van der Waals surface area contributed by atoms with Gasteiger partial charge in [0, 0.05) is 13.1 Å². The third kappa shape index (κ3) is 3.76. The Bertz CT molecular complexity index is 1000. The Morgan fingerprint density at radius 1 is 1.16 bits per heavy atom. The first-order chi connectivity index (χ1) is 15.6. The van der Waals surface area contributed by atoms with Crippen molar-refractivity contribution in [1.82, 2.24) is 10.2 Å². The Balaban J connectivity index is 1.32. The van der Waals surface area contributed by atoms with E-state index in [-0.39, 0.29) is 24.0 Å². The number of rotatable bonds is 3. The number of benzene rings is 2. The van der Waals surface area contributed by atoms with Crippen LogP contribution in [0.3, 0.4) is 0 Å². The first-order valence-electron chi connectivity index (χ1n) is 11.2. The van der Waals surface area contributed by atoms with E-state index < -0.39 is 12.1 Å². The fourth-order valence-electron chi connectivity index (χ4n) is 5.15. The molecule has 1 N–H and O–H groups in total. The molecule has 0 bridgehead atoms. The zero-order valence-corrected chi connectivity index (χ0v) is 18.2. The molecule has 0 aromatic heterocycles. The molecule has 0 aliphatic carbocycles. The Morgan fingerprint density at radius 2 is 1.94 bits per heavy atom. The average Bonchev–Trinajstić information content (AvgIpc) is 2.84. The molecule has 0 saturated carbocycles. The maximum atomic E-state index is 13.4. The Hall–Kier alpha value is -2.90. The lowest BCUT2D eigenvalue weighted by molar-refractivity contribution is -0.160. The smallest absolute Gasteiger partial charge is 0.254 e. The van der Waals surface area contributed by atoms with Crippen molar-refractivity contribution in [3.8, 4) is 5.75 Å². The van der Waals surface area contributed by atoms with Crippen LogP contribution < -0.4 is 10.1 Å². The maximum Gasteiger partial charge on any atom is 0.254 e. The number of morpholine rings is 1. The molecule has 32 heavy (non-hydrogen) atoms. The summed E-state index contributed by atoms with van der Waals surface area (Å²) in [5.74, 6) is 0.569. The predicted octanol–water partition coefficient (Wildman–Crippen LogP) is 2.34. The van der Waals surface area contributed by atoms with E-state index in [0.717, 1.165) is 30.6 Å². The topological polar surface area (TPSA) is 77.1 Å². The third-order valence-electron chi connectivity index (χ3n) is 6.85. The van der Waals surface area contributed by atoms with Gasteiger partial charge in [0.15, 0.2) is 6.10 Å². The van der Waals surface area contributed by atoms with Crippen molar-refractivity contribution in [3.05, 3.63) is 65.2 Å². The summed E-state index contributed by atoms with van der Waals surface area (Å²) in [4.78, 5) is 27.3. The molecule has 3 aliphatic heterocycles. The van der Waals surface area contributed by atoms with Gasteiger partial charge in [0.05, 0.1) is 25.4 Å². The minimum Gasteiger partial charge on any atom is -0.497 e. The minimum absolute atomic E-state index is 0.0838. The van der Waals surface area contributed by atoms with Crippen molar-refractivity contribution in [2.75, 3.05) is 33.4 Å². The summed E-state index contributed by atoms with van der Waals surface area (Å²) in [6.07, 6.45) is 1.60. The molecule has 3 heterocycles. The second-order valence-electron chi connectivity index (χ2n) is 8.63. The maximum absolute atomic E-state index is 13.4. The van der Waals surface area contributed by atoms with Gasteiger partial charge in [-0.3, -0.25) is 9.59 Å². The average molecular weight is 437 g/mol. The van der Waals surface area contributed by atoms with Crippen molar-refractivity contribution >= 4 is 11.8 Å². The number of piperidine rings is 1. The number of hydrogen-bond donors (Lipinski definition) is 1. The minimum atomic E-state index is -0.729. The van der Waals surface area contributed by atoms with Crippen LogP contribution >= 0.6 is 0 Å². The number of amides is 2. The molecule has 2 aromatic carbocycles. The quantitative estimate of drug-likeness (QED) is 0.799. The van der Waals surface area contributed by atoms with Gasteiger partial charge in [0.2, 0.25) is 5.91 Å². The summed E-state index contributed by atoms with van der Waals surface area (Å²) in [5.41, 5.74) is 2.97. The third-order valence-corrected chi connectivity index (χ3v) is 6.85. The zero-order chi connectivity index (χ0) is 22.1. The van der Waals surface area contributed by atoms with Crippen molar-refractivity contribution in [3.63, 3.8) is 0 Å². The lowest BCUT2D eigenvalue weighted by atomic mass is 9.79. The molecular formula is C25H28N2O5. The number of carbonyl (C=O) groups is 2. The summed E-state index contributed by atoms with van der Waals surface area (Å²) < 4.78 is 17.4. The number of ether oxygens (including phenoxy) is 3. The van der Waals surface area contributed by atoms with Crippen LogP contribution in [0.1, 0.15) is 35.6 Å². The standard InChI is InChI=1S/C25H28N2O5/c1-30-19-7-8-20-18(15-19)9-14-32-25(20)10-12-27(13-11-25)24(29)23-22(26-21(28)16-31-23)17-5-3-2-4-6-17/h2-8,15,22-23H,9-14,16H2,1H3,(H,26,28)/t22-,23+/m1/s1. The second kappa shape index (κ2) is 8.56. The number of fused-ring (bicyclic) bond motifs is 2. The van der Waals surface area contributed by atoms with E-state index in [9.17, 15) is 9.59 Å². The molecule has 168 valence electrons. The lowest BCUT2D eigenvalue weighted by Crippen LogP contribution is -2.56. The van der Waals surface area contributed by atoms with E-state index in [1.807, 2.05) is 41.3 Å². The van der Waals surface area contributed by atoms with Gasteiger partial charge in [-0.2, -0.15) is 0 Å². The van der Waals surface area contributed by atoms with Crippen molar-refractivity contribution < 1.29 is 23.8 Å². The van der Waals surface area contributed by atoms with E-state index in [2.05, 4.69) is 17.4 Å². The van der Waals surface area contributed by atoms with Crippen LogP contribution in [0, 0.1) is 0 Å². The number of nitrogens with zero attached hydrogens (tertiary/aromatic N) is 1. The van der Waals surface area contributed by atoms with Gasteiger partial charge in [-0.15, -0.1) is 0 Å². The summed E-state index contributed by atoms with van der Waals surface area (Å²) in [5, 5.41) is 2.94. The molecule has 1 spiro atoms. The normalized spacial score (nSPS) is 24.5. The van der Waals surface area contributed by atoms with Crippen LogP contribution in [0.5, 0.6) is 5.75 Å². The van der Waals surface area contributed by atoms with E-state index in [0.29, 0.717) is 19.7 Å². The summed E-state index contributed by atoms with van der Waals surface area (Å²) >= 11 is 0. The Labute approximate surface area is 187 Å². The molecule has 2 atom stereocenters. The van der Waals surface area contributed by atoms with E-state index in [4.69, 9.17) is 14.2 Å². The summed E-state index contributed by atoms with van der Waals surface area (Å²) in [6.45, 7) is 1.73. The first-order valence-corrected chi connectivity index (χ1v) is 11.2. The highest BCUT2D eigenvalue weighted by molar-refractivity contribution is 5.86. The van der Waals surface area contributed by atoms with Crippen LogP contribution in [0.15, 0.2) is 48.5 Å². The SMILES string of the molecule is COc1ccc2c(c1)CCOC21CCN(C(=O)[C@H]2OCC(=O)N[C@@H]2c2ccccc2)CC1. The van der Waals surface area contributed by atoms with Crippen molar-refractivity contribution in [2.24, 2.45) is 0 Å². The van der Waals surface area contributed by atoms with Crippen molar-refractivity contribution in [2.45, 2.75) is 37.0 Å². The molecule has 2 aromatic rings. The molecule has 2 fully saturated rings. The Kier molecular flexibility index (Phi) is 5.61. The van der Waals surface area contributed by atoms with E-state index in [1.54, 1.807) is 7.11 Å². The summed E-state index contributed by atoms with van der Waals surface area (Å²) in [7, 11) is 1.68. The molecule has 0 radical (unpaired) electrons. The van der Waals surface area contributed by atoms with E-state index in [1.165, 1.54) is 11.1 Å². The van der Waals surface area contributed by atoms with Crippen LogP contribution in [0.2, 0.25) is 0 Å². The number of methoxy groups -OCH3 is 1. The molecule has 7 nitrogen and oxygen atoms in total. The van der Waals surface area contributed by atoms with Gasteiger partial charge in [0.1, 0.15) is 12.4 Å². The summed E-state index contributed by atoms with van der Waals surface area (Å²) in [6, 6.07) is 15.2. The van der Waals surface area contributed by atoms with Gasteiger partial charge < -0.3 is 24.4 Å². The van der Waals surface area contributed by atoms with E-state index >= 15 is 0 Å². The molecule has 7 heteroatoms. The molecule has 5 rings (SSSR count). The molecule has 3 aliphatic rings. The number of carbonyl (C=O) groups excluding carboxylic acids is 2. The van der Waals surface area contributed by atoms with Crippen molar-refractivity contribution in [1.29, 1.82) is 0 Å². The fourth-order valence-corrected chi connectivity index (χ4v) is 5.15.